The first-order valence-corrected chi connectivity index (χ1v) is 9.33. The number of carbonyl (C=O) groups excluding carboxylic acids is 1. The zero-order valence-corrected chi connectivity index (χ0v) is 15.7. The van der Waals surface area contributed by atoms with Gasteiger partial charge in [-0.05, 0) is 37.1 Å². The van der Waals surface area contributed by atoms with Crippen LogP contribution < -0.4 is 10.1 Å². The topological polar surface area (TPSA) is 83.2 Å². The maximum absolute atomic E-state index is 11.9. The van der Waals surface area contributed by atoms with Crippen LogP contribution in [0, 0.1) is 0 Å². The molecule has 8 heteroatoms. The molecule has 2 aromatic heterocycles. The van der Waals surface area contributed by atoms with E-state index in [1.807, 2.05) is 48.3 Å². The fourth-order valence-corrected chi connectivity index (χ4v) is 3.19. The number of amides is 1. The molecule has 3 aromatic rings. The summed E-state index contributed by atoms with van der Waals surface area (Å²) in [6, 6.07) is 7.53. The van der Waals surface area contributed by atoms with Gasteiger partial charge in [-0.15, -0.1) is 0 Å². The second-order valence-electron chi connectivity index (χ2n) is 6.75. The van der Waals surface area contributed by atoms with Gasteiger partial charge in [0.2, 0.25) is 0 Å². The van der Waals surface area contributed by atoms with Gasteiger partial charge in [0.15, 0.2) is 6.61 Å². The number of hydrogen-bond donors (Lipinski definition) is 1. The van der Waals surface area contributed by atoms with E-state index in [4.69, 9.17) is 9.47 Å². The highest BCUT2D eigenvalue weighted by molar-refractivity contribution is 5.77. The number of nitrogens with zero attached hydrogens (tertiary/aromatic N) is 4. The van der Waals surface area contributed by atoms with Gasteiger partial charge in [-0.25, -0.2) is 4.98 Å². The summed E-state index contributed by atoms with van der Waals surface area (Å²) in [5.74, 6) is 1.30. The Morgan fingerprint density at radius 2 is 2.21 bits per heavy atom. The second kappa shape index (κ2) is 8.26. The number of carbonyl (C=O) groups is 1. The summed E-state index contributed by atoms with van der Waals surface area (Å²) in [4.78, 5) is 16.4. The normalized spacial score (nSPS) is 16.2. The van der Waals surface area contributed by atoms with Gasteiger partial charge in [-0.1, -0.05) is 0 Å². The summed E-state index contributed by atoms with van der Waals surface area (Å²) in [5, 5.41) is 7.05. The predicted octanol–water partition coefficient (Wildman–Crippen LogP) is 1.95. The van der Waals surface area contributed by atoms with Crippen LogP contribution in [-0.2, 0) is 16.6 Å². The van der Waals surface area contributed by atoms with Gasteiger partial charge in [-0.2, -0.15) is 5.10 Å². The number of hydrogen-bond acceptors (Lipinski definition) is 5. The lowest BCUT2D eigenvalue weighted by Crippen LogP contribution is -2.35. The largest absolute Gasteiger partial charge is 0.484 e. The van der Waals surface area contributed by atoms with E-state index in [1.54, 1.807) is 17.1 Å². The monoisotopic (exact) mass is 381 g/mol. The molecule has 4 rings (SSSR count). The molecule has 1 amide bonds. The Morgan fingerprint density at radius 1 is 1.36 bits per heavy atom. The quantitative estimate of drug-likeness (QED) is 0.676. The van der Waals surface area contributed by atoms with Gasteiger partial charge < -0.3 is 14.8 Å². The van der Waals surface area contributed by atoms with Gasteiger partial charge in [0.25, 0.3) is 5.91 Å². The number of ether oxygens (including phenoxy) is 2. The molecule has 8 nitrogen and oxygen atoms in total. The molecule has 1 atom stereocenters. The molecular weight excluding hydrogens is 358 g/mol. The third kappa shape index (κ3) is 4.23. The lowest BCUT2D eigenvalue weighted by Gasteiger charge is -2.11. The van der Waals surface area contributed by atoms with E-state index in [2.05, 4.69) is 15.4 Å². The molecule has 1 unspecified atom stereocenters. The molecule has 0 bridgehead atoms. The Balaban J connectivity index is 1.34. The van der Waals surface area contributed by atoms with Gasteiger partial charge >= 0.3 is 0 Å². The van der Waals surface area contributed by atoms with Crippen molar-refractivity contribution < 1.29 is 14.3 Å². The van der Waals surface area contributed by atoms with E-state index in [-0.39, 0.29) is 18.6 Å². The number of rotatable bonds is 7. The van der Waals surface area contributed by atoms with Crippen molar-refractivity contribution in [2.45, 2.75) is 18.9 Å². The highest BCUT2D eigenvalue weighted by Gasteiger charge is 2.16. The van der Waals surface area contributed by atoms with Crippen LogP contribution in [0.25, 0.3) is 17.1 Å². The minimum absolute atomic E-state index is 0.0175. The summed E-state index contributed by atoms with van der Waals surface area (Å²) < 4.78 is 14.8. The van der Waals surface area contributed by atoms with Gasteiger partial charge in [0.05, 0.1) is 18.0 Å². The number of imidazole rings is 1. The molecule has 3 heterocycles. The molecule has 1 N–H and O–H groups in total. The van der Waals surface area contributed by atoms with Crippen molar-refractivity contribution in [1.82, 2.24) is 24.6 Å². The van der Waals surface area contributed by atoms with Crippen LogP contribution in [0.2, 0.25) is 0 Å². The Bertz CT molecular complexity index is 925. The average molecular weight is 381 g/mol. The van der Waals surface area contributed by atoms with Gasteiger partial charge in [0.1, 0.15) is 11.6 Å². The molecule has 0 aliphatic carbocycles. The Hall–Kier alpha value is -3.13. The molecule has 1 aromatic carbocycles. The number of aryl methyl sites for hydroxylation is 1. The van der Waals surface area contributed by atoms with Crippen molar-refractivity contribution in [3.05, 3.63) is 49.1 Å². The highest BCUT2D eigenvalue weighted by Crippen LogP contribution is 2.23. The minimum atomic E-state index is -0.147. The highest BCUT2D eigenvalue weighted by atomic mass is 16.5. The third-order valence-corrected chi connectivity index (χ3v) is 4.64. The van der Waals surface area contributed by atoms with E-state index in [0.29, 0.717) is 12.3 Å². The van der Waals surface area contributed by atoms with Crippen LogP contribution in [0.1, 0.15) is 12.8 Å². The number of nitrogens with one attached hydrogen (secondary N) is 1. The molecular formula is C20H23N5O3. The van der Waals surface area contributed by atoms with E-state index in [9.17, 15) is 4.79 Å². The van der Waals surface area contributed by atoms with Crippen LogP contribution in [0.5, 0.6) is 5.75 Å². The third-order valence-electron chi connectivity index (χ3n) is 4.64. The average Bonchev–Trinajstić information content (AvgIpc) is 3.46. The second-order valence-corrected chi connectivity index (χ2v) is 6.75. The molecule has 0 spiro atoms. The van der Waals surface area contributed by atoms with Gasteiger partial charge in [-0.3, -0.25) is 14.0 Å². The van der Waals surface area contributed by atoms with E-state index >= 15 is 0 Å². The molecule has 1 aliphatic heterocycles. The lowest BCUT2D eigenvalue weighted by atomic mass is 10.2. The SMILES string of the molecule is Cn1cc(-n2ccnc2-c2ccc(OCC(=O)NCC3CCCO3)cc2)cn1. The van der Waals surface area contributed by atoms with Gasteiger partial charge in [0, 0.05) is 44.4 Å². The van der Waals surface area contributed by atoms with Crippen LogP contribution in [0.3, 0.4) is 0 Å². The van der Waals surface area contributed by atoms with Crippen molar-refractivity contribution in [3.63, 3.8) is 0 Å². The summed E-state index contributed by atoms with van der Waals surface area (Å²) >= 11 is 0. The smallest absolute Gasteiger partial charge is 0.258 e. The number of benzene rings is 1. The minimum Gasteiger partial charge on any atom is -0.484 e. The van der Waals surface area contributed by atoms with Crippen molar-refractivity contribution >= 4 is 5.91 Å². The first-order chi connectivity index (χ1) is 13.7. The van der Waals surface area contributed by atoms with Crippen LogP contribution in [0.4, 0.5) is 0 Å². The van der Waals surface area contributed by atoms with Crippen LogP contribution >= 0.6 is 0 Å². The first kappa shape index (κ1) is 18.2. The van der Waals surface area contributed by atoms with Crippen molar-refractivity contribution in [2.75, 3.05) is 19.8 Å². The van der Waals surface area contributed by atoms with E-state index in [0.717, 1.165) is 36.5 Å². The molecule has 0 radical (unpaired) electrons. The summed E-state index contributed by atoms with van der Waals surface area (Å²) in [7, 11) is 1.88. The van der Waals surface area contributed by atoms with Crippen molar-refractivity contribution in [1.29, 1.82) is 0 Å². The fourth-order valence-electron chi connectivity index (χ4n) is 3.19. The van der Waals surface area contributed by atoms with E-state index < -0.39 is 0 Å². The first-order valence-electron chi connectivity index (χ1n) is 9.33. The Labute approximate surface area is 163 Å². The maximum atomic E-state index is 11.9. The molecule has 146 valence electrons. The standard InChI is InChI=1S/C20H23N5O3/c1-24-13-16(11-23-24)25-9-8-21-20(25)15-4-6-17(7-5-15)28-14-19(26)22-12-18-3-2-10-27-18/h4-9,11,13,18H,2-3,10,12,14H2,1H3,(H,22,26). The lowest BCUT2D eigenvalue weighted by molar-refractivity contribution is -0.123. The fraction of sp³-hybridized carbons (Fsp3) is 0.350. The number of aromatic nitrogens is 4. The summed E-state index contributed by atoms with van der Waals surface area (Å²) in [6.07, 6.45) is 9.56. The zero-order valence-electron chi connectivity index (χ0n) is 15.7. The zero-order chi connectivity index (χ0) is 19.3. The predicted molar refractivity (Wildman–Crippen MR) is 103 cm³/mol. The van der Waals surface area contributed by atoms with E-state index in [1.165, 1.54) is 0 Å². The van der Waals surface area contributed by atoms with Crippen molar-refractivity contribution in [2.24, 2.45) is 7.05 Å². The Morgan fingerprint density at radius 3 is 2.93 bits per heavy atom. The molecule has 1 aliphatic rings. The molecule has 1 fully saturated rings. The summed E-state index contributed by atoms with van der Waals surface area (Å²) in [5.41, 5.74) is 1.89. The molecule has 1 saturated heterocycles. The summed E-state index contributed by atoms with van der Waals surface area (Å²) in [6.45, 7) is 1.30. The molecule has 28 heavy (non-hydrogen) atoms. The van der Waals surface area contributed by atoms with Crippen LogP contribution in [0.15, 0.2) is 49.1 Å². The molecule has 0 saturated carbocycles. The van der Waals surface area contributed by atoms with Crippen molar-refractivity contribution in [3.8, 4) is 22.8 Å². The van der Waals surface area contributed by atoms with Crippen LogP contribution in [-0.4, -0.2) is 51.1 Å². The Kier molecular flexibility index (Phi) is 5.38. The maximum Gasteiger partial charge on any atom is 0.258 e.